The molecule has 1 amide bonds. The smallest absolute Gasteiger partial charge is 0.278 e. The van der Waals surface area contributed by atoms with E-state index in [1.165, 1.54) is 0 Å². The van der Waals surface area contributed by atoms with Gasteiger partial charge in [-0.25, -0.2) is 0 Å². The summed E-state index contributed by atoms with van der Waals surface area (Å²) >= 11 is 0. The van der Waals surface area contributed by atoms with Gasteiger partial charge in [0.1, 0.15) is 6.61 Å². The van der Waals surface area contributed by atoms with Crippen LogP contribution < -0.4 is 5.73 Å². The summed E-state index contributed by atoms with van der Waals surface area (Å²) in [5.41, 5.74) is 5.02. The van der Waals surface area contributed by atoms with Gasteiger partial charge >= 0.3 is 0 Å². The van der Waals surface area contributed by atoms with Gasteiger partial charge in [-0.3, -0.25) is 4.79 Å². The monoisotopic (exact) mass is 147 g/mol. The number of hydrogen-bond acceptors (Lipinski definition) is 2. The third-order valence-electron chi connectivity index (χ3n) is 1.44. The van der Waals surface area contributed by atoms with Gasteiger partial charge < -0.3 is 15.3 Å². The molecule has 0 aromatic carbocycles. The van der Waals surface area contributed by atoms with Crippen molar-refractivity contribution in [1.82, 2.24) is 0 Å². The van der Waals surface area contributed by atoms with Crippen molar-refractivity contribution in [1.29, 1.82) is 0 Å². The maximum absolute atomic E-state index is 10.6. The van der Waals surface area contributed by atoms with E-state index in [0.717, 1.165) is 0 Å². The van der Waals surface area contributed by atoms with Crippen molar-refractivity contribution in [2.24, 2.45) is 5.73 Å². The van der Waals surface area contributed by atoms with E-state index in [0.29, 0.717) is 4.48 Å². The van der Waals surface area contributed by atoms with Gasteiger partial charge in [-0.2, -0.15) is 0 Å². The molecular weight excluding hydrogens is 132 g/mol. The number of primary amides is 1. The molecule has 0 saturated carbocycles. The fourth-order valence-electron chi connectivity index (χ4n) is 0.717. The topological polar surface area (TPSA) is 63.3 Å². The van der Waals surface area contributed by atoms with Crippen LogP contribution in [0.4, 0.5) is 0 Å². The number of hydrogen-bond donors (Lipinski definition) is 2. The Morgan fingerprint density at radius 2 is 2.00 bits per heavy atom. The van der Waals surface area contributed by atoms with Crippen LogP contribution in [0.5, 0.6) is 0 Å². The van der Waals surface area contributed by atoms with Crippen LogP contribution >= 0.6 is 0 Å². The average molecular weight is 147 g/mol. The zero-order valence-corrected chi connectivity index (χ0v) is 6.66. The average Bonchev–Trinajstić information content (AvgIpc) is 1.60. The Bertz CT molecular complexity index is 128. The van der Waals surface area contributed by atoms with Crippen molar-refractivity contribution in [2.45, 2.75) is 6.04 Å². The van der Waals surface area contributed by atoms with E-state index in [1.54, 1.807) is 0 Å². The molecule has 0 fully saturated rings. The van der Waals surface area contributed by atoms with Gasteiger partial charge in [-0.05, 0) is 0 Å². The highest BCUT2D eigenvalue weighted by Gasteiger charge is 2.27. The number of aliphatic hydroxyl groups excluding tert-OH is 1. The molecule has 10 heavy (non-hydrogen) atoms. The molecule has 1 unspecified atom stereocenters. The molecule has 0 radical (unpaired) electrons. The quantitative estimate of drug-likeness (QED) is 0.479. The second-order valence-electron chi connectivity index (χ2n) is 3.22. The number of carbonyl (C=O) groups is 1. The zero-order chi connectivity index (χ0) is 8.36. The summed E-state index contributed by atoms with van der Waals surface area (Å²) in [5.74, 6) is -0.463. The lowest BCUT2D eigenvalue weighted by Crippen LogP contribution is -2.54. The fraction of sp³-hybridized carbons (Fsp3) is 0.833. The lowest BCUT2D eigenvalue weighted by Gasteiger charge is -2.30. The maximum atomic E-state index is 10.6. The molecule has 0 saturated heterocycles. The third-order valence-corrected chi connectivity index (χ3v) is 1.44. The third kappa shape index (κ3) is 2.33. The van der Waals surface area contributed by atoms with Crippen LogP contribution in [0, 0.1) is 0 Å². The Morgan fingerprint density at radius 1 is 1.60 bits per heavy atom. The molecule has 0 aliphatic rings. The maximum Gasteiger partial charge on any atom is 0.278 e. The molecule has 4 heteroatoms. The van der Waals surface area contributed by atoms with Crippen molar-refractivity contribution in [3.8, 4) is 0 Å². The first-order valence-corrected chi connectivity index (χ1v) is 3.11. The highest BCUT2D eigenvalue weighted by Crippen LogP contribution is 1.99. The van der Waals surface area contributed by atoms with Gasteiger partial charge in [0.05, 0.1) is 21.1 Å². The number of aliphatic hydroxyl groups is 1. The highest BCUT2D eigenvalue weighted by atomic mass is 16.3. The summed E-state index contributed by atoms with van der Waals surface area (Å²) in [7, 11) is 5.43. The molecule has 1 atom stereocenters. The molecule has 4 nitrogen and oxygen atoms in total. The van der Waals surface area contributed by atoms with Gasteiger partial charge in [0.25, 0.3) is 5.91 Å². The van der Waals surface area contributed by atoms with E-state index >= 15 is 0 Å². The number of quaternary nitrogens is 1. The van der Waals surface area contributed by atoms with Crippen LogP contribution in [0.25, 0.3) is 0 Å². The molecule has 0 spiro atoms. The van der Waals surface area contributed by atoms with E-state index in [4.69, 9.17) is 10.8 Å². The minimum absolute atomic E-state index is 0.196. The molecule has 0 aliphatic heterocycles. The number of likely N-dealkylation sites (N-methyl/N-ethyl adjacent to an activating group) is 1. The minimum atomic E-state index is -0.500. The molecule has 60 valence electrons. The molecular formula is C6H15N2O2+. The van der Waals surface area contributed by atoms with Crippen molar-refractivity contribution >= 4 is 5.91 Å². The summed E-state index contributed by atoms with van der Waals surface area (Å²) in [6.07, 6.45) is 0. The molecule has 0 bridgehead atoms. The van der Waals surface area contributed by atoms with Gasteiger partial charge in [0.15, 0.2) is 6.04 Å². The normalized spacial score (nSPS) is 14.8. The van der Waals surface area contributed by atoms with E-state index in [9.17, 15) is 4.79 Å². The Kier molecular flexibility index (Phi) is 2.80. The van der Waals surface area contributed by atoms with Crippen LogP contribution in [0.1, 0.15) is 0 Å². The second-order valence-corrected chi connectivity index (χ2v) is 3.22. The van der Waals surface area contributed by atoms with Crippen molar-refractivity contribution in [3.05, 3.63) is 0 Å². The number of carbonyl (C=O) groups excluding carboxylic acids is 1. The second kappa shape index (κ2) is 2.98. The minimum Gasteiger partial charge on any atom is -0.390 e. The Hall–Kier alpha value is -0.610. The predicted molar refractivity (Wildman–Crippen MR) is 38.1 cm³/mol. The van der Waals surface area contributed by atoms with Crippen LogP contribution in [-0.2, 0) is 4.79 Å². The van der Waals surface area contributed by atoms with Gasteiger partial charge in [-0.1, -0.05) is 0 Å². The van der Waals surface area contributed by atoms with Crippen LogP contribution in [0.3, 0.4) is 0 Å². The fourth-order valence-corrected chi connectivity index (χ4v) is 0.717. The Balaban J connectivity index is 4.22. The predicted octanol–water partition coefficient (Wildman–Crippen LogP) is -1.46. The van der Waals surface area contributed by atoms with Gasteiger partial charge in [-0.15, -0.1) is 0 Å². The van der Waals surface area contributed by atoms with Crippen molar-refractivity contribution < 1.29 is 14.4 Å². The summed E-state index contributed by atoms with van der Waals surface area (Å²) in [5, 5.41) is 8.72. The summed E-state index contributed by atoms with van der Waals surface area (Å²) in [6.45, 7) is -0.196. The molecule has 0 heterocycles. The Morgan fingerprint density at radius 3 is 2.00 bits per heavy atom. The summed E-state index contributed by atoms with van der Waals surface area (Å²) in [6, 6.07) is -0.500. The van der Waals surface area contributed by atoms with Crippen LogP contribution in [-0.4, -0.2) is 49.3 Å². The highest BCUT2D eigenvalue weighted by molar-refractivity contribution is 5.78. The van der Waals surface area contributed by atoms with Gasteiger partial charge in [0, 0.05) is 0 Å². The number of nitrogens with two attached hydrogens (primary N) is 1. The summed E-state index contributed by atoms with van der Waals surface area (Å²) in [4.78, 5) is 10.6. The van der Waals surface area contributed by atoms with Crippen molar-refractivity contribution in [3.63, 3.8) is 0 Å². The van der Waals surface area contributed by atoms with E-state index in [1.807, 2.05) is 21.1 Å². The first-order valence-electron chi connectivity index (χ1n) is 3.11. The first kappa shape index (κ1) is 9.39. The number of amides is 1. The van der Waals surface area contributed by atoms with Crippen LogP contribution in [0.15, 0.2) is 0 Å². The number of nitrogens with zero attached hydrogens (tertiary/aromatic N) is 1. The van der Waals surface area contributed by atoms with E-state index in [-0.39, 0.29) is 6.61 Å². The molecule has 0 rings (SSSR count). The number of rotatable bonds is 3. The standard InChI is InChI=1S/C6H14N2O2/c1-8(2,3)5(4-9)6(7)10/h5,9H,4H2,1-3H3,(H-,7,10)/p+1. The molecule has 0 aliphatic carbocycles. The molecule has 0 aromatic heterocycles. The SMILES string of the molecule is C[N+](C)(C)C(CO)C(N)=O. The molecule has 3 N–H and O–H groups in total. The van der Waals surface area contributed by atoms with Gasteiger partial charge in [0.2, 0.25) is 0 Å². The molecule has 0 aromatic rings. The van der Waals surface area contributed by atoms with Crippen LogP contribution in [0.2, 0.25) is 0 Å². The summed E-state index contributed by atoms with van der Waals surface area (Å²) < 4.78 is 0.367. The Labute approximate surface area is 60.8 Å². The van der Waals surface area contributed by atoms with E-state index in [2.05, 4.69) is 0 Å². The van der Waals surface area contributed by atoms with E-state index < -0.39 is 11.9 Å². The largest absolute Gasteiger partial charge is 0.390 e. The lowest BCUT2D eigenvalue weighted by molar-refractivity contribution is -0.886. The van der Waals surface area contributed by atoms with Crippen molar-refractivity contribution in [2.75, 3.05) is 27.7 Å². The lowest BCUT2D eigenvalue weighted by atomic mass is 10.2. The zero-order valence-electron chi connectivity index (χ0n) is 6.66. The first-order chi connectivity index (χ1) is 4.39.